The fourth-order valence-corrected chi connectivity index (χ4v) is 2.24. The summed E-state index contributed by atoms with van der Waals surface area (Å²) in [6, 6.07) is 10.6. The number of hydrogen-bond donors (Lipinski definition) is 2. The molecule has 0 radical (unpaired) electrons. The minimum atomic E-state index is -0.178. The summed E-state index contributed by atoms with van der Waals surface area (Å²) in [4.78, 5) is 12.3. The number of carbonyl (C=O) groups excluding carboxylic acids is 1. The highest BCUT2D eigenvalue weighted by atomic mass is 16.1. The number of aryl methyl sites for hydroxylation is 1. The van der Waals surface area contributed by atoms with E-state index in [0.717, 1.165) is 24.3 Å². The summed E-state index contributed by atoms with van der Waals surface area (Å²) >= 11 is 0. The second-order valence-corrected chi connectivity index (χ2v) is 5.09. The molecule has 0 unspecified atom stereocenters. The number of amides is 1. The first-order valence-corrected chi connectivity index (χ1v) is 7.18. The number of pyridine rings is 1. The lowest BCUT2D eigenvalue weighted by Gasteiger charge is -2.06. The maximum Gasteiger partial charge on any atom is 0.257 e. The molecule has 3 N–H and O–H groups in total. The molecule has 0 atom stereocenters. The average molecular weight is 295 g/mol. The van der Waals surface area contributed by atoms with E-state index in [1.165, 1.54) is 0 Å². The molecule has 6 heteroatoms. The molecule has 0 aliphatic heterocycles. The highest BCUT2D eigenvalue weighted by Gasteiger charge is 2.10. The maximum absolute atomic E-state index is 12.3. The molecule has 112 valence electrons. The molecule has 0 aliphatic rings. The molecule has 6 nitrogen and oxygen atoms in total. The number of benzene rings is 1. The number of carbonyl (C=O) groups is 1. The normalized spacial score (nSPS) is 10.8. The summed E-state index contributed by atoms with van der Waals surface area (Å²) in [6.45, 7) is 2.08. The van der Waals surface area contributed by atoms with Gasteiger partial charge in [0, 0.05) is 24.0 Å². The Balaban J connectivity index is 1.87. The number of hydrogen-bond acceptors (Lipinski definition) is 4. The van der Waals surface area contributed by atoms with Gasteiger partial charge >= 0.3 is 0 Å². The topological polar surface area (TPSA) is 85.3 Å². The van der Waals surface area contributed by atoms with Crippen LogP contribution in [0.15, 0.2) is 42.6 Å². The smallest absolute Gasteiger partial charge is 0.257 e. The summed E-state index contributed by atoms with van der Waals surface area (Å²) in [5.74, 6) is 0.683. The van der Waals surface area contributed by atoms with Crippen molar-refractivity contribution in [3.63, 3.8) is 0 Å². The molecule has 3 rings (SSSR count). The molecule has 3 aromatic rings. The lowest BCUT2D eigenvalue weighted by molar-refractivity contribution is 0.102. The Kier molecular flexibility index (Phi) is 3.74. The van der Waals surface area contributed by atoms with Gasteiger partial charge in [0.15, 0.2) is 5.65 Å². The molecule has 22 heavy (non-hydrogen) atoms. The predicted octanol–water partition coefficient (Wildman–Crippen LogP) is 2.52. The van der Waals surface area contributed by atoms with E-state index in [9.17, 15) is 4.79 Å². The highest BCUT2D eigenvalue weighted by molar-refractivity contribution is 6.04. The van der Waals surface area contributed by atoms with Crippen molar-refractivity contribution in [3.8, 4) is 0 Å². The van der Waals surface area contributed by atoms with Gasteiger partial charge in [0.2, 0.25) is 0 Å². The SMILES string of the molecule is CCCc1nnc2ccc(C(=O)Nc3ccc(N)cc3)cn12. The van der Waals surface area contributed by atoms with E-state index in [1.54, 1.807) is 42.6 Å². The molecule has 0 bridgehead atoms. The van der Waals surface area contributed by atoms with Gasteiger partial charge in [-0.2, -0.15) is 0 Å². The van der Waals surface area contributed by atoms with E-state index in [0.29, 0.717) is 16.9 Å². The van der Waals surface area contributed by atoms with Gasteiger partial charge in [0.05, 0.1) is 5.56 Å². The molecule has 2 aromatic heterocycles. The molecule has 0 saturated carbocycles. The molecule has 0 spiro atoms. The predicted molar refractivity (Wildman–Crippen MR) is 85.8 cm³/mol. The zero-order valence-electron chi connectivity index (χ0n) is 12.3. The fourth-order valence-electron chi connectivity index (χ4n) is 2.24. The van der Waals surface area contributed by atoms with Gasteiger partial charge in [0.1, 0.15) is 5.82 Å². The standard InChI is InChI=1S/C16H17N5O/c1-2-3-14-19-20-15-9-4-11(10-21(14)15)16(22)18-13-7-5-12(17)6-8-13/h4-10H,2-3,17H2,1H3,(H,18,22). The summed E-state index contributed by atoms with van der Waals surface area (Å²) in [5.41, 5.74) is 8.30. The first-order chi connectivity index (χ1) is 10.7. The molecule has 1 amide bonds. The molecule has 2 heterocycles. The third-order valence-electron chi connectivity index (χ3n) is 3.38. The number of rotatable bonds is 4. The zero-order chi connectivity index (χ0) is 15.5. The van der Waals surface area contributed by atoms with E-state index >= 15 is 0 Å². The van der Waals surface area contributed by atoms with E-state index in [2.05, 4.69) is 22.4 Å². The Morgan fingerprint density at radius 1 is 1.18 bits per heavy atom. The number of fused-ring (bicyclic) bond motifs is 1. The van der Waals surface area contributed by atoms with E-state index in [-0.39, 0.29) is 5.91 Å². The minimum absolute atomic E-state index is 0.178. The van der Waals surface area contributed by atoms with Gasteiger partial charge in [-0.25, -0.2) is 0 Å². The summed E-state index contributed by atoms with van der Waals surface area (Å²) < 4.78 is 1.86. The number of nitrogen functional groups attached to an aromatic ring is 1. The van der Waals surface area contributed by atoms with Gasteiger partial charge in [-0.3, -0.25) is 9.20 Å². The third-order valence-corrected chi connectivity index (χ3v) is 3.38. The maximum atomic E-state index is 12.3. The molecule has 1 aromatic carbocycles. The van der Waals surface area contributed by atoms with Crippen molar-refractivity contribution in [1.82, 2.24) is 14.6 Å². The van der Waals surface area contributed by atoms with Crippen LogP contribution in [-0.4, -0.2) is 20.5 Å². The molecule has 0 fully saturated rings. The number of nitrogens with two attached hydrogens (primary N) is 1. The van der Waals surface area contributed by atoms with Gasteiger partial charge in [-0.05, 0) is 42.8 Å². The van der Waals surface area contributed by atoms with E-state index in [1.807, 2.05) is 4.40 Å². The van der Waals surface area contributed by atoms with Crippen LogP contribution in [0.25, 0.3) is 5.65 Å². The van der Waals surface area contributed by atoms with Crippen LogP contribution in [0, 0.1) is 0 Å². The number of nitrogens with zero attached hydrogens (tertiary/aromatic N) is 3. The summed E-state index contributed by atoms with van der Waals surface area (Å²) in [6.07, 6.45) is 3.57. The molecular formula is C16H17N5O. The van der Waals surface area contributed by atoms with E-state index in [4.69, 9.17) is 5.73 Å². The monoisotopic (exact) mass is 295 g/mol. The Morgan fingerprint density at radius 2 is 1.95 bits per heavy atom. The quantitative estimate of drug-likeness (QED) is 0.724. The van der Waals surface area contributed by atoms with Crippen molar-refractivity contribution in [2.45, 2.75) is 19.8 Å². The number of nitrogens with one attached hydrogen (secondary N) is 1. The van der Waals surface area contributed by atoms with Crippen molar-refractivity contribution in [2.75, 3.05) is 11.1 Å². The van der Waals surface area contributed by atoms with Crippen LogP contribution in [0.2, 0.25) is 0 Å². The number of aromatic nitrogens is 3. The van der Waals surface area contributed by atoms with Gasteiger partial charge in [-0.1, -0.05) is 6.92 Å². The Bertz CT molecular complexity index is 807. The molecule has 0 saturated heterocycles. The van der Waals surface area contributed by atoms with Crippen LogP contribution in [-0.2, 0) is 6.42 Å². The van der Waals surface area contributed by atoms with Gasteiger partial charge in [0.25, 0.3) is 5.91 Å². The second-order valence-electron chi connectivity index (χ2n) is 5.09. The van der Waals surface area contributed by atoms with Crippen molar-refractivity contribution in [3.05, 3.63) is 54.0 Å². The number of anilines is 2. The largest absolute Gasteiger partial charge is 0.399 e. The van der Waals surface area contributed by atoms with Crippen LogP contribution in [0.4, 0.5) is 11.4 Å². The van der Waals surface area contributed by atoms with Crippen molar-refractivity contribution in [2.24, 2.45) is 0 Å². The lowest BCUT2D eigenvalue weighted by atomic mass is 10.2. The van der Waals surface area contributed by atoms with Crippen LogP contribution in [0.3, 0.4) is 0 Å². The van der Waals surface area contributed by atoms with Gasteiger partial charge < -0.3 is 11.1 Å². The summed E-state index contributed by atoms with van der Waals surface area (Å²) in [7, 11) is 0. The molecular weight excluding hydrogens is 278 g/mol. The Labute approximate surface area is 128 Å². The van der Waals surface area contributed by atoms with Crippen LogP contribution in [0.1, 0.15) is 29.5 Å². The minimum Gasteiger partial charge on any atom is -0.399 e. The zero-order valence-corrected chi connectivity index (χ0v) is 12.3. The van der Waals surface area contributed by atoms with Crippen molar-refractivity contribution >= 4 is 22.9 Å². The van der Waals surface area contributed by atoms with Crippen molar-refractivity contribution < 1.29 is 4.79 Å². The van der Waals surface area contributed by atoms with Crippen LogP contribution < -0.4 is 11.1 Å². The second kappa shape index (κ2) is 5.85. The first kappa shape index (κ1) is 14.1. The Morgan fingerprint density at radius 3 is 2.68 bits per heavy atom. The van der Waals surface area contributed by atoms with Crippen LogP contribution >= 0.6 is 0 Å². The van der Waals surface area contributed by atoms with Crippen LogP contribution in [0.5, 0.6) is 0 Å². The first-order valence-electron chi connectivity index (χ1n) is 7.18. The third kappa shape index (κ3) is 2.76. The molecule has 0 aliphatic carbocycles. The summed E-state index contributed by atoms with van der Waals surface area (Å²) in [5, 5.41) is 11.1. The Hall–Kier alpha value is -2.89. The van der Waals surface area contributed by atoms with Crippen molar-refractivity contribution in [1.29, 1.82) is 0 Å². The van der Waals surface area contributed by atoms with Gasteiger partial charge in [-0.15, -0.1) is 10.2 Å². The van der Waals surface area contributed by atoms with E-state index < -0.39 is 0 Å². The highest BCUT2D eigenvalue weighted by Crippen LogP contribution is 2.13. The fraction of sp³-hybridized carbons (Fsp3) is 0.188. The lowest BCUT2D eigenvalue weighted by Crippen LogP contribution is -2.13. The average Bonchev–Trinajstić information content (AvgIpc) is 2.92.